The maximum Gasteiger partial charge on any atom is 0.118 e. The van der Waals surface area contributed by atoms with Crippen molar-refractivity contribution in [2.45, 2.75) is 51.7 Å². The number of nitrogens with one attached hydrogen (secondary N) is 1. The monoisotopic (exact) mass is 276 g/mol. The van der Waals surface area contributed by atoms with Gasteiger partial charge in [-0.25, -0.2) is 0 Å². The molecule has 2 rings (SSSR count). The molecule has 0 amide bonds. The molecule has 1 heterocycles. The molecule has 1 aliphatic rings. The Balaban J connectivity index is 1.95. The Labute approximate surface area is 123 Å². The zero-order valence-corrected chi connectivity index (χ0v) is 13.2. The number of ether oxygens (including phenoxy) is 1. The molecule has 1 aliphatic heterocycles. The molecule has 3 heteroatoms. The molecule has 1 fully saturated rings. The molecule has 0 aliphatic carbocycles. The van der Waals surface area contributed by atoms with E-state index in [1.807, 2.05) is 0 Å². The summed E-state index contributed by atoms with van der Waals surface area (Å²) in [5.41, 5.74) is 1.36. The van der Waals surface area contributed by atoms with Crippen molar-refractivity contribution in [3.63, 3.8) is 0 Å². The van der Waals surface area contributed by atoms with Crippen LogP contribution in [-0.4, -0.2) is 37.2 Å². The Morgan fingerprint density at radius 1 is 1.30 bits per heavy atom. The van der Waals surface area contributed by atoms with Gasteiger partial charge in [0.1, 0.15) is 5.75 Å². The lowest BCUT2D eigenvalue weighted by Crippen LogP contribution is -2.37. The second-order valence-corrected chi connectivity index (χ2v) is 5.97. The first-order chi connectivity index (χ1) is 9.63. The van der Waals surface area contributed by atoms with E-state index in [0.29, 0.717) is 18.1 Å². The van der Waals surface area contributed by atoms with Crippen LogP contribution in [0.5, 0.6) is 5.75 Å². The zero-order valence-electron chi connectivity index (χ0n) is 13.2. The largest absolute Gasteiger partial charge is 0.497 e. The lowest BCUT2D eigenvalue weighted by Gasteiger charge is -2.24. The van der Waals surface area contributed by atoms with Gasteiger partial charge in [0.2, 0.25) is 0 Å². The fourth-order valence-electron chi connectivity index (χ4n) is 2.96. The van der Waals surface area contributed by atoms with Crippen LogP contribution in [0.25, 0.3) is 0 Å². The summed E-state index contributed by atoms with van der Waals surface area (Å²) >= 11 is 0. The van der Waals surface area contributed by atoms with Crippen LogP contribution in [0.15, 0.2) is 24.3 Å². The third kappa shape index (κ3) is 3.74. The van der Waals surface area contributed by atoms with Gasteiger partial charge in [0.05, 0.1) is 7.11 Å². The van der Waals surface area contributed by atoms with Gasteiger partial charge in [0, 0.05) is 24.7 Å². The number of rotatable bonds is 6. The van der Waals surface area contributed by atoms with E-state index in [-0.39, 0.29) is 0 Å². The fraction of sp³-hybridized carbons (Fsp3) is 0.647. The Kier molecular flexibility index (Phi) is 5.44. The van der Waals surface area contributed by atoms with E-state index in [9.17, 15) is 0 Å². The smallest absolute Gasteiger partial charge is 0.118 e. The van der Waals surface area contributed by atoms with Gasteiger partial charge in [-0.3, -0.25) is 4.90 Å². The van der Waals surface area contributed by atoms with Crippen molar-refractivity contribution < 1.29 is 4.74 Å². The summed E-state index contributed by atoms with van der Waals surface area (Å²) in [6.07, 6.45) is 2.37. The number of methoxy groups -OCH3 is 1. The van der Waals surface area contributed by atoms with Gasteiger partial charge >= 0.3 is 0 Å². The fourth-order valence-corrected chi connectivity index (χ4v) is 2.96. The standard InChI is InChI=1S/C17H28N2O/c1-5-17(14-6-8-16(20-4)9-7-14)18-15-10-11-19(12-15)13(2)3/h6-9,13,15,17-18H,5,10-12H2,1-4H3. The number of benzene rings is 1. The number of likely N-dealkylation sites (tertiary alicyclic amines) is 1. The van der Waals surface area contributed by atoms with Gasteiger partial charge in [-0.05, 0) is 50.9 Å². The average Bonchev–Trinajstić information content (AvgIpc) is 2.94. The maximum atomic E-state index is 5.23. The van der Waals surface area contributed by atoms with E-state index in [1.54, 1.807) is 7.11 Å². The summed E-state index contributed by atoms with van der Waals surface area (Å²) in [6.45, 7) is 9.20. The van der Waals surface area contributed by atoms with E-state index >= 15 is 0 Å². The summed E-state index contributed by atoms with van der Waals surface area (Å²) in [7, 11) is 1.71. The van der Waals surface area contributed by atoms with Crippen molar-refractivity contribution >= 4 is 0 Å². The Morgan fingerprint density at radius 3 is 2.50 bits per heavy atom. The summed E-state index contributed by atoms with van der Waals surface area (Å²) in [4.78, 5) is 2.55. The molecule has 3 nitrogen and oxygen atoms in total. The van der Waals surface area contributed by atoms with Crippen LogP contribution in [0, 0.1) is 0 Å². The molecule has 1 saturated heterocycles. The van der Waals surface area contributed by atoms with Gasteiger partial charge in [-0.1, -0.05) is 19.1 Å². The van der Waals surface area contributed by atoms with Crippen LogP contribution in [0.3, 0.4) is 0 Å². The van der Waals surface area contributed by atoms with Crippen LogP contribution in [0.1, 0.15) is 45.2 Å². The highest BCUT2D eigenvalue weighted by molar-refractivity contribution is 5.29. The van der Waals surface area contributed by atoms with Crippen molar-refractivity contribution in [3.8, 4) is 5.75 Å². The summed E-state index contributed by atoms with van der Waals surface area (Å²) in [6, 6.07) is 10.2. The van der Waals surface area contributed by atoms with Crippen LogP contribution >= 0.6 is 0 Å². The Hall–Kier alpha value is -1.06. The molecule has 2 unspecified atom stereocenters. The molecule has 0 bridgehead atoms. The molecule has 0 aromatic heterocycles. The van der Waals surface area contributed by atoms with Gasteiger partial charge in [0.25, 0.3) is 0 Å². The molecule has 1 aromatic carbocycles. The van der Waals surface area contributed by atoms with E-state index in [0.717, 1.165) is 12.2 Å². The van der Waals surface area contributed by atoms with E-state index in [1.165, 1.54) is 25.1 Å². The van der Waals surface area contributed by atoms with Gasteiger partial charge in [-0.15, -0.1) is 0 Å². The van der Waals surface area contributed by atoms with Crippen molar-refractivity contribution in [2.24, 2.45) is 0 Å². The minimum atomic E-state index is 0.443. The van der Waals surface area contributed by atoms with Crippen molar-refractivity contribution in [1.29, 1.82) is 0 Å². The summed E-state index contributed by atoms with van der Waals surface area (Å²) < 4.78 is 5.23. The summed E-state index contributed by atoms with van der Waals surface area (Å²) in [5.74, 6) is 0.926. The first-order valence-corrected chi connectivity index (χ1v) is 7.78. The van der Waals surface area contributed by atoms with E-state index in [2.05, 4.69) is 55.3 Å². The number of nitrogens with zero attached hydrogens (tertiary/aromatic N) is 1. The topological polar surface area (TPSA) is 24.5 Å². The molecular weight excluding hydrogens is 248 g/mol. The maximum absolute atomic E-state index is 5.23. The minimum Gasteiger partial charge on any atom is -0.497 e. The van der Waals surface area contributed by atoms with E-state index < -0.39 is 0 Å². The predicted molar refractivity (Wildman–Crippen MR) is 84.3 cm³/mol. The normalized spacial score (nSPS) is 21.4. The zero-order chi connectivity index (χ0) is 14.5. The first kappa shape index (κ1) is 15.3. The average molecular weight is 276 g/mol. The van der Waals surface area contributed by atoms with Crippen LogP contribution in [0.2, 0.25) is 0 Å². The van der Waals surface area contributed by atoms with Gasteiger partial charge in [-0.2, -0.15) is 0 Å². The first-order valence-electron chi connectivity index (χ1n) is 7.78. The van der Waals surface area contributed by atoms with Crippen molar-refractivity contribution in [3.05, 3.63) is 29.8 Å². The molecule has 112 valence electrons. The molecule has 0 radical (unpaired) electrons. The quantitative estimate of drug-likeness (QED) is 0.863. The highest BCUT2D eigenvalue weighted by Gasteiger charge is 2.25. The Morgan fingerprint density at radius 2 is 2.00 bits per heavy atom. The molecule has 20 heavy (non-hydrogen) atoms. The molecule has 1 aromatic rings. The number of hydrogen-bond donors (Lipinski definition) is 1. The number of hydrogen-bond acceptors (Lipinski definition) is 3. The van der Waals surface area contributed by atoms with Gasteiger partial charge < -0.3 is 10.1 Å². The van der Waals surface area contributed by atoms with Gasteiger partial charge in [0.15, 0.2) is 0 Å². The highest BCUT2D eigenvalue weighted by atomic mass is 16.5. The highest BCUT2D eigenvalue weighted by Crippen LogP contribution is 2.23. The third-order valence-corrected chi connectivity index (χ3v) is 4.31. The third-order valence-electron chi connectivity index (χ3n) is 4.31. The lowest BCUT2D eigenvalue weighted by atomic mass is 10.0. The predicted octanol–water partition coefficient (Wildman–Crippen LogP) is 3.22. The Bertz CT molecular complexity index is 402. The van der Waals surface area contributed by atoms with E-state index in [4.69, 9.17) is 4.74 Å². The van der Waals surface area contributed by atoms with Crippen LogP contribution < -0.4 is 10.1 Å². The van der Waals surface area contributed by atoms with Crippen molar-refractivity contribution in [2.75, 3.05) is 20.2 Å². The van der Waals surface area contributed by atoms with Crippen molar-refractivity contribution in [1.82, 2.24) is 10.2 Å². The molecule has 0 saturated carbocycles. The SMILES string of the molecule is CCC(NC1CCN(C(C)C)C1)c1ccc(OC)cc1. The molecule has 1 N–H and O–H groups in total. The van der Waals surface area contributed by atoms with Crippen LogP contribution in [0.4, 0.5) is 0 Å². The molecule has 2 atom stereocenters. The minimum absolute atomic E-state index is 0.443. The molecule has 0 spiro atoms. The second-order valence-electron chi connectivity index (χ2n) is 5.97. The molecular formula is C17H28N2O. The summed E-state index contributed by atoms with van der Waals surface area (Å²) in [5, 5.41) is 3.82. The lowest BCUT2D eigenvalue weighted by molar-refractivity contribution is 0.265. The second kappa shape index (κ2) is 7.09. The van der Waals surface area contributed by atoms with Crippen LogP contribution in [-0.2, 0) is 0 Å².